The van der Waals surface area contributed by atoms with Crippen molar-refractivity contribution in [2.75, 3.05) is 0 Å². The van der Waals surface area contributed by atoms with Gasteiger partial charge in [0.05, 0.1) is 9.88 Å². The van der Waals surface area contributed by atoms with Gasteiger partial charge in [-0.3, -0.25) is 4.79 Å². The maximum Gasteiger partial charge on any atom is 0.204 e. The van der Waals surface area contributed by atoms with Gasteiger partial charge in [-0.15, -0.1) is 11.3 Å². The first-order valence-corrected chi connectivity index (χ1v) is 7.13. The van der Waals surface area contributed by atoms with Crippen LogP contribution in [0.1, 0.15) is 51.0 Å². The minimum atomic E-state index is 0.0840. The molecule has 0 unspecified atom stereocenters. The van der Waals surface area contributed by atoms with Crippen LogP contribution in [0.25, 0.3) is 0 Å². The van der Waals surface area contributed by atoms with Crippen molar-refractivity contribution in [2.24, 2.45) is 0 Å². The molecule has 0 atom stereocenters. The molecule has 1 aromatic heterocycles. The van der Waals surface area contributed by atoms with Gasteiger partial charge in [0.25, 0.3) is 0 Å². The fraction of sp³-hybridized carbons (Fsp3) is 0.333. The van der Waals surface area contributed by atoms with E-state index in [1.165, 1.54) is 36.2 Å². The first kappa shape index (κ1) is 11.6. The molecule has 1 fully saturated rings. The van der Waals surface area contributed by atoms with E-state index in [9.17, 15) is 4.79 Å². The molecule has 2 nitrogen and oxygen atoms in total. The van der Waals surface area contributed by atoms with Crippen molar-refractivity contribution in [3.8, 4) is 0 Å². The minimum Gasteiger partial charge on any atom is -0.288 e. The zero-order valence-electron chi connectivity index (χ0n) is 10.3. The molecule has 0 bridgehead atoms. The molecular weight excluding hydrogens is 242 g/mol. The number of hydrogen-bond acceptors (Lipinski definition) is 3. The summed E-state index contributed by atoms with van der Waals surface area (Å²) in [5.74, 6) is 0.806. The van der Waals surface area contributed by atoms with E-state index < -0.39 is 0 Å². The molecule has 0 aliphatic heterocycles. The molecule has 0 spiro atoms. The summed E-state index contributed by atoms with van der Waals surface area (Å²) in [6, 6.07) is 8.10. The predicted octanol–water partition coefficient (Wildman–Crippen LogP) is 3.95. The lowest BCUT2D eigenvalue weighted by Gasteiger charge is -2.25. The summed E-state index contributed by atoms with van der Waals surface area (Å²) in [5, 5.41) is 0.935. The van der Waals surface area contributed by atoms with E-state index in [-0.39, 0.29) is 5.78 Å². The van der Waals surface area contributed by atoms with Gasteiger partial charge in [0.2, 0.25) is 5.78 Å². The summed E-state index contributed by atoms with van der Waals surface area (Å²) in [5.41, 5.74) is 2.14. The van der Waals surface area contributed by atoms with Gasteiger partial charge >= 0.3 is 0 Å². The minimum absolute atomic E-state index is 0.0840. The molecule has 1 aromatic carbocycles. The van der Waals surface area contributed by atoms with E-state index in [0.717, 1.165) is 21.4 Å². The van der Waals surface area contributed by atoms with Gasteiger partial charge in [-0.25, -0.2) is 4.98 Å². The number of benzene rings is 1. The average molecular weight is 257 g/mol. The van der Waals surface area contributed by atoms with E-state index >= 15 is 0 Å². The fourth-order valence-electron chi connectivity index (χ4n) is 2.26. The van der Waals surface area contributed by atoms with Crippen LogP contribution in [0.3, 0.4) is 0 Å². The number of aryl methyl sites for hydroxylation is 1. The molecule has 0 amide bonds. The van der Waals surface area contributed by atoms with Gasteiger partial charge in [-0.1, -0.05) is 30.7 Å². The Bertz CT molecular complexity index is 566. The highest BCUT2D eigenvalue weighted by molar-refractivity contribution is 7.13. The van der Waals surface area contributed by atoms with Crippen molar-refractivity contribution in [1.29, 1.82) is 0 Å². The molecule has 0 radical (unpaired) electrons. The molecule has 1 aliphatic rings. The third kappa shape index (κ3) is 2.10. The highest BCUT2D eigenvalue weighted by Gasteiger charge is 2.19. The van der Waals surface area contributed by atoms with Gasteiger partial charge in [-0.05, 0) is 31.2 Å². The Morgan fingerprint density at radius 3 is 2.50 bits per heavy atom. The highest BCUT2D eigenvalue weighted by atomic mass is 32.1. The van der Waals surface area contributed by atoms with Crippen LogP contribution in [0.15, 0.2) is 30.5 Å². The lowest BCUT2D eigenvalue weighted by Crippen LogP contribution is -2.09. The molecule has 3 heteroatoms. The lowest BCUT2D eigenvalue weighted by molar-refractivity contribution is 0.104. The normalized spacial score (nSPS) is 15.4. The molecule has 2 aromatic rings. The van der Waals surface area contributed by atoms with Crippen LogP contribution in [-0.2, 0) is 0 Å². The second-order valence-corrected chi connectivity index (χ2v) is 6.06. The van der Waals surface area contributed by atoms with Crippen molar-refractivity contribution in [2.45, 2.75) is 32.1 Å². The van der Waals surface area contributed by atoms with Crippen molar-refractivity contribution < 1.29 is 4.79 Å². The lowest BCUT2D eigenvalue weighted by atomic mass is 9.80. The second kappa shape index (κ2) is 4.65. The van der Waals surface area contributed by atoms with E-state index in [2.05, 4.69) is 17.1 Å². The van der Waals surface area contributed by atoms with Crippen LogP contribution in [0.2, 0.25) is 0 Å². The Morgan fingerprint density at radius 2 is 2.00 bits per heavy atom. The van der Waals surface area contributed by atoms with Gasteiger partial charge in [0, 0.05) is 11.8 Å². The quantitative estimate of drug-likeness (QED) is 0.779. The van der Waals surface area contributed by atoms with Crippen LogP contribution in [0.5, 0.6) is 0 Å². The van der Waals surface area contributed by atoms with Crippen molar-refractivity contribution >= 4 is 17.1 Å². The molecule has 92 valence electrons. The topological polar surface area (TPSA) is 30.0 Å². The number of carbonyl (C=O) groups excluding carboxylic acids is 1. The summed E-state index contributed by atoms with van der Waals surface area (Å²) >= 11 is 1.46. The zero-order valence-corrected chi connectivity index (χ0v) is 11.2. The Balaban J connectivity index is 1.81. The molecular formula is C15H15NOS. The van der Waals surface area contributed by atoms with Gasteiger partial charge in [-0.2, -0.15) is 0 Å². The number of aromatic nitrogens is 1. The first-order valence-electron chi connectivity index (χ1n) is 6.31. The van der Waals surface area contributed by atoms with Crippen LogP contribution in [0.4, 0.5) is 0 Å². The molecule has 0 saturated heterocycles. The summed E-state index contributed by atoms with van der Waals surface area (Å²) in [6.07, 6.45) is 5.59. The summed E-state index contributed by atoms with van der Waals surface area (Å²) in [6.45, 7) is 1.92. The van der Waals surface area contributed by atoms with Crippen LogP contribution >= 0.6 is 11.3 Å². The number of rotatable bonds is 3. The van der Waals surface area contributed by atoms with E-state index in [1.807, 2.05) is 19.1 Å². The predicted molar refractivity (Wildman–Crippen MR) is 73.3 cm³/mol. The van der Waals surface area contributed by atoms with E-state index in [1.54, 1.807) is 6.20 Å². The van der Waals surface area contributed by atoms with Crippen molar-refractivity contribution in [3.05, 3.63) is 51.5 Å². The number of thiazole rings is 1. The van der Waals surface area contributed by atoms with Crippen molar-refractivity contribution in [1.82, 2.24) is 4.98 Å². The van der Waals surface area contributed by atoms with Gasteiger partial charge in [0.15, 0.2) is 0 Å². The van der Waals surface area contributed by atoms with Crippen molar-refractivity contribution in [3.63, 3.8) is 0 Å². The largest absolute Gasteiger partial charge is 0.288 e. The standard InChI is InChI=1S/C15H15NOS/c1-10-16-9-14(18-10)15(17)13-7-5-12(6-8-13)11-3-2-4-11/h5-9,11H,2-4H2,1H3. The number of hydrogen-bond donors (Lipinski definition) is 0. The number of ketones is 1. The molecule has 3 rings (SSSR count). The van der Waals surface area contributed by atoms with Gasteiger partial charge < -0.3 is 0 Å². The maximum atomic E-state index is 12.2. The molecule has 1 aliphatic carbocycles. The fourth-order valence-corrected chi connectivity index (χ4v) is 3.00. The Kier molecular flexibility index (Phi) is 3.00. The Morgan fingerprint density at radius 1 is 1.28 bits per heavy atom. The summed E-state index contributed by atoms with van der Waals surface area (Å²) in [4.78, 5) is 17.0. The van der Waals surface area contributed by atoms with Crippen LogP contribution in [0, 0.1) is 6.92 Å². The maximum absolute atomic E-state index is 12.2. The summed E-state index contributed by atoms with van der Waals surface area (Å²) in [7, 11) is 0. The third-order valence-corrected chi connectivity index (χ3v) is 4.51. The van der Waals surface area contributed by atoms with Crippen LogP contribution < -0.4 is 0 Å². The highest BCUT2D eigenvalue weighted by Crippen LogP contribution is 2.36. The molecule has 1 saturated carbocycles. The molecule has 18 heavy (non-hydrogen) atoms. The second-order valence-electron chi connectivity index (χ2n) is 4.82. The van der Waals surface area contributed by atoms with Crippen LogP contribution in [-0.4, -0.2) is 10.8 Å². The number of nitrogens with zero attached hydrogens (tertiary/aromatic N) is 1. The van der Waals surface area contributed by atoms with E-state index in [0.29, 0.717) is 0 Å². The van der Waals surface area contributed by atoms with Gasteiger partial charge in [0.1, 0.15) is 0 Å². The average Bonchev–Trinajstić information content (AvgIpc) is 2.74. The molecule has 1 heterocycles. The third-order valence-electron chi connectivity index (χ3n) is 3.59. The first-order chi connectivity index (χ1) is 8.74. The summed E-state index contributed by atoms with van der Waals surface area (Å²) < 4.78 is 0. The zero-order chi connectivity index (χ0) is 12.5. The smallest absolute Gasteiger partial charge is 0.204 e. The molecule has 0 N–H and O–H groups in total. The monoisotopic (exact) mass is 257 g/mol. The Hall–Kier alpha value is -1.48. The Labute approximate surface area is 111 Å². The van der Waals surface area contributed by atoms with E-state index in [4.69, 9.17) is 0 Å². The SMILES string of the molecule is Cc1ncc(C(=O)c2ccc(C3CCC3)cc2)s1. The number of carbonyl (C=O) groups is 1.